The molecule has 4 aromatic rings. The summed E-state index contributed by atoms with van der Waals surface area (Å²) in [7, 11) is 0. The Morgan fingerprint density at radius 3 is 2.12 bits per heavy atom. The van der Waals surface area contributed by atoms with Gasteiger partial charge in [-0.25, -0.2) is 9.97 Å². The predicted octanol–water partition coefficient (Wildman–Crippen LogP) is 6.37. The van der Waals surface area contributed by atoms with Crippen LogP contribution in [0.2, 0.25) is 0 Å². The summed E-state index contributed by atoms with van der Waals surface area (Å²) in [5.41, 5.74) is 6.10. The van der Waals surface area contributed by atoms with Gasteiger partial charge in [-0.15, -0.1) is 0 Å². The minimum atomic E-state index is 0.0367. The Labute approximate surface area is 185 Å². The molecule has 5 heteroatoms. The molecule has 0 radical (unpaired) electrons. The van der Waals surface area contributed by atoms with Gasteiger partial charge in [-0.05, 0) is 41.3 Å². The summed E-state index contributed by atoms with van der Waals surface area (Å²) in [4.78, 5) is 9.61. The zero-order chi connectivity index (χ0) is 22.2. The van der Waals surface area contributed by atoms with Crippen LogP contribution in [0, 0.1) is 22.7 Å². The molecule has 0 aliphatic heterocycles. The zero-order valence-corrected chi connectivity index (χ0v) is 17.6. The highest BCUT2D eigenvalue weighted by Gasteiger charge is 2.29. The second-order valence-corrected chi connectivity index (χ2v) is 7.92. The molecule has 152 valence electrons. The molecule has 1 aliphatic rings. The average molecular weight is 414 g/mol. The van der Waals surface area contributed by atoms with Gasteiger partial charge in [0.25, 0.3) is 0 Å². The van der Waals surface area contributed by atoms with E-state index in [-0.39, 0.29) is 5.57 Å². The number of hydrogen-bond acceptors (Lipinski definition) is 5. The first-order valence-corrected chi connectivity index (χ1v) is 10.3. The topological polar surface area (TPSA) is 82.6 Å². The Bertz CT molecular complexity index is 1470. The average Bonchev–Trinajstić information content (AvgIpc) is 3.12. The molecule has 0 unspecified atom stereocenters. The van der Waals surface area contributed by atoms with E-state index in [9.17, 15) is 10.5 Å². The summed E-state index contributed by atoms with van der Waals surface area (Å²) in [6.45, 7) is 4.32. The molecule has 0 saturated carbocycles. The van der Waals surface area contributed by atoms with E-state index in [2.05, 4.69) is 26.0 Å². The Balaban J connectivity index is 1.60. The van der Waals surface area contributed by atoms with Crippen molar-refractivity contribution in [2.45, 2.75) is 19.8 Å². The predicted molar refractivity (Wildman–Crippen MR) is 123 cm³/mol. The van der Waals surface area contributed by atoms with Crippen molar-refractivity contribution in [1.82, 2.24) is 9.97 Å². The monoisotopic (exact) mass is 414 g/mol. The molecule has 0 amide bonds. The minimum absolute atomic E-state index is 0.0367. The standard InChI is InChI=1S/C27H18N4O/c1-16(2)17-7-9-19(10-8-17)32-20-11-12-23-24(13-20)31-26-22-6-4-3-5-21(22)25(27(26)30-23)18(14-28)15-29/h3-13,16H,1-2H3. The molecule has 1 aromatic heterocycles. The van der Waals surface area contributed by atoms with Gasteiger partial charge in [0.1, 0.15) is 29.2 Å². The third-order valence-electron chi connectivity index (χ3n) is 5.58. The number of ether oxygens (including phenoxy) is 1. The van der Waals surface area contributed by atoms with Crippen LogP contribution in [0.5, 0.6) is 11.5 Å². The molecule has 3 aromatic carbocycles. The van der Waals surface area contributed by atoms with E-state index in [0.717, 1.165) is 16.9 Å². The van der Waals surface area contributed by atoms with Gasteiger partial charge in [0, 0.05) is 17.2 Å². The van der Waals surface area contributed by atoms with Crippen molar-refractivity contribution in [3.8, 4) is 34.9 Å². The van der Waals surface area contributed by atoms with Crippen molar-refractivity contribution in [2.24, 2.45) is 0 Å². The highest BCUT2D eigenvalue weighted by molar-refractivity contribution is 6.03. The third-order valence-corrected chi connectivity index (χ3v) is 5.58. The van der Waals surface area contributed by atoms with Crippen LogP contribution >= 0.6 is 0 Å². The van der Waals surface area contributed by atoms with Gasteiger partial charge >= 0.3 is 0 Å². The zero-order valence-electron chi connectivity index (χ0n) is 17.6. The Kier molecular flexibility index (Phi) is 4.66. The molecular formula is C27H18N4O. The summed E-state index contributed by atoms with van der Waals surface area (Å²) in [5.74, 6) is 1.89. The van der Waals surface area contributed by atoms with Gasteiger partial charge in [0.2, 0.25) is 0 Å². The summed E-state index contributed by atoms with van der Waals surface area (Å²) in [6, 6.07) is 25.2. The van der Waals surface area contributed by atoms with E-state index in [1.807, 2.05) is 66.7 Å². The molecule has 0 spiro atoms. The molecule has 1 heterocycles. The maximum absolute atomic E-state index is 9.48. The van der Waals surface area contributed by atoms with Crippen LogP contribution in [0.25, 0.3) is 27.9 Å². The molecule has 0 N–H and O–H groups in total. The Morgan fingerprint density at radius 1 is 0.781 bits per heavy atom. The number of fused-ring (bicyclic) bond motifs is 4. The highest BCUT2D eigenvalue weighted by Crippen LogP contribution is 2.44. The first kappa shape index (κ1) is 19.5. The van der Waals surface area contributed by atoms with Crippen molar-refractivity contribution < 1.29 is 4.74 Å². The van der Waals surface area contributed by atoms with Crippen LogP contribution < -0.4 is 4.74 Å². The third kappa shape index (κ3) is 3.17. The molecule has 0 atom stereocenters. The van der Waals surface area contributed by atoms with Gasteiger partial charge in [-0.2, -0.15) is 10.5 Å². The Morgan fingerprint density at radius 2 is 1.44 bits per heavy atom. The van der Waals surface area contributed by atoms with E-state index in [1.165, 1.54) is 5.56 Å². The number of benzene rings is 3. The largest absolute Gasteiger partial charge is 0.457 e. The highest BCUT2D eigenvalue weighted by atomic mass is 16.5. The van der Waals surface area contributed by atoms with Crippen molar-refractivity contribution >= 4 is 16.6 Å². The summed E-state index contributed by atoms with van der Waals surface area (Å²) < 4.78 is 6.04. The number of nitrogens with zero attached hydrogens (tertiary/aromatic N) is 4. The Hall–Kier alpha value is -4.48. The van der Waals surface area contributed by atoms with Gasteiger partial charge in [-0.1, -0.05) is 50.2 Å². The first-order valence-electron chi connectivity index (χ1n) is 10.3. The van der Waals surface area contributed by atoms with E-state index in [4.69, 9.17) is 14.7 Å². The second-order valence-electron chi connectivity index (χ2n) is 7.92. The van der Waals surface area contributed by atoms with Crippen LogP contribution in [0.1, 0.15) is 36.6 Å². The van der Waals surface area contributed by atoms with Crippen LogP contribution in [0.4, 0.5) is 0 Å². The van der Waals surface area contributed by atoms with Crippen LogP contribution in [-0.4, -0.2) is 9.97 Å². The van der Waals surface area contributed by atoms with E-state index in [0.29, 0.717) is 39.7 Å². The van der Waals surface area contributed by atoms with Gasteiger partial charge in [0.15, 0.2) is 0 Å². The molecule has 0 saturated heterocycles. The van der Waals surface area contributed by atoms with Crippen LogP contribution in [-0.2, 0) is 0 Å². The lowest BCUT2D eigenvalue weighted by atomic mass is 10.0. The number of hydrogen-bond donors (Lipinski definition) is 0. The van der Waals surface area contributed by atoms with Crippen LogP contribution in [0.3, 0.4) is 0 Å². The number of rotatable bonds is 3. The van der Waals surface area contributed by atoms with Crippen molar-refractivity contribution in [2.75, 3.05) is 0 Å². The molecule has 0 bridgehead atoms. The van der Waals surface area contributed by atoms with Gasteiger partial charge in [-0.3, -0.25) is 0 Å². The molecular weight excluding hydrogens is 396 g/mol. The SMILES string of the molecule is CC(C)c1ccc(Oc2ccc3nc4c(nc3c2)-c2ccccc2C4=C(C#N)C#N)cc1. The number of nitriles is 2. The maximum atomic E-state index is 9.48. The fourth-order valence-corrected chi connectivity index (χ4v) is 3.94. The summed E-state index contributed by atoms with van der Waals surface area (Å²) in [5, 5.41) is 19.0. The summed E-state index contributed by atoms with van der Waals surface area (Å²) in [6.07, 6.45) is 0. The van der Waals surface area contributed by atoms with Crippen molar-refractivity contribution in [3.05, 3.63) is 89.1 Å². The van der Waals surface area contributed by atoms with E-state index in [1.54, 1.807) is 0 Å². The summed E-state index contributed by atoms with van der Waals surface area (Å²) >= 11 is 0. The lowest BCUT2D eigenvalue weighted by Gasteiger charge is -2.10. The lowest BCUT2D eigenvalue weighted by molar-refractivity contribution is 0.483. The fraction of sp³-hybridized carbons (Fsp3) is 0.111. The molecule has 0 fully saturated rings. The van der Waals surface area contributed by atoms with Crippen molar-refractivity contribution in [3.63, 3.8) is 0 Å². The molecule has 1 aliphatic carbocycles. The lowest BCUT2D eigenvalue weighted by Crippen LogP contribution is -1.95. The number of aromatic nitrogens is 2. The fourth-order valence-electron chi connectivity index (χ4n) is 3.94. The van der Waals surface area contributed by atoms with Gasteiger partial charge in [0.05, 0.1) is 22.4 Å². The number of allylic oxidation sites excluding steroid dienone is 1. The molecule has 5 rings (SSSR count). The molecule has 32 heavy (non-hydrogen) atoms. The van der Waals surface area contributed by atoms with Gasteiger partial charge < -0.3 is 4.74 Å². The van der Waals surface area contributed by atoms with Crippen molar-refractivity contribution in [1.29, 1.82) is 10.5 Å². The van der Waals surface area contributed by atoms with Crippen LogP contribution in [0.15, 0.2) is 72.3 Å². The molecule has 5 nitrogen and oxygen atoms in total. The minimum Gasteiger partial charge on any atom is -0.457 e. The van der Waals surface area contributed by atoms with E-state index < -0.39 is 0 Å². The first-order chi connectivity index (χ1) is 15.6. The quantitative estimate of drug-likeness (QED) is 0.320. The van der Waals surface area contributed by atoms with E-state index >= 15 is 0 Å². The second kappa shape index (κ2) is 7.65. The normalized spacial score (nSPS) is 11.6. The smallest absolute Gasteiger partial charge is 0.139 e. The maximum Gasteiger partial charge on any atom is 0.139 e.